The SMILES string of the molecule is O=C(Nc1ccc(CNc2ccccc2)cc1)c1cccc(OC[C@H]2CCCO2)c1. The molecule has 1 aliphatic rings. The molecule has 0 bridgehead atoms. The molecule has 5 nitrogen and oxygen atoms in total. The minimum Gasteiger partial charge on any atom is -0.491 e. The zero-order chi connectivity index (χ0) is 20.6. The second-order valence-electron chi connectivity index (χ2n) is 7.34. The van der Waals surface area contributed by atoms with Crippen LogP contribution in [0.3, 0.4) is 0 Å². The van der Waals surface area contributed by atoms with Crippen LogP contribution in [0.1, 0.15) is 28.8 Å². The molecule has 2 N–H and O–H groups in total. The van der Waals surface area contributed by atoms with Crippen molar-refractivity contribution in [1.82, 2.24) is 0 Å². The molecule has 1 saturated heterocycles. The van der Waals surface area contributed by atoms with Crippen molar-refractivity contribution in [3.8, 4) is 5.75 Å². The number of hydrogen-bond donors (Lipinski definition) is 2. The molecule has 1 atom stereocenters. The standard InChI is InChI=1S/C25H26N2O3/c28-25(20-6-4-9-23(16-20)30-18-24-10-5-15-29-24)27-22-13-11-19(12-14-22)17-26-21-7-2-1-3-8-21/h1-4,6-9,11-14,16,24,26H,5,10,15,17-18H2,(H,27,28)/t24-/m1/s1. The van der Waals surface area contributed by atoms with E-state index in [-0.39, 0.29) is 12.0 Å². The smallest absolute Gasteiger partial charge is 0.255 e. The highest BCUT2D eigenvalue weighted by molar-refractivity contribution is 6.04. The van der Waals surface area contributed by atoms with E-state index in [0.717, 1.165) is 42.9 Å². The summed E-state index contributed by atoms with van der Waals surface area (Å²) in [6.45, 7) is 2.05. The van der Waals surface area contributed by atoms with Crippen LogP contribution in [0.25, 0.3) is 0 Å². The monoisotopic (exact) mass is 402 g/mol. The lowest BCUT2D eigenvalue weighted by molar-refractivity contribution is 0.0679. The molecular formula is C25H26N2O3. The van der Waals surface area contributed by atoms with Crippen molar-refractivity contribution in [2.75, 3.05) is 23.8 Å². The molecule has 0 aromatic heterocycles. The fourth-order valence-corrected chi connectivity index (χ4v) is 3.36. The number of nitrogens with one attached hydrogen (secondary N) is 2. The number of hydrogen-bond acceptors (Lipinski definition) is 4. The van der Waals surface area contributed by atoms with Crippen LogP contribution in [0.15, 0.2) is 78.9 Å². The van der Waals surface area contributed by atoms with Gasteiger partial charge in [-0.1, -0.05) is 36.4 Å². The van der Waals surface area contributed by atoms with Crippen molar-refractivity contribution in [2.24, 2.45) is 0 Å². The van der Waals surface area contributed by atoms with Gasteiger partial charge in [-0.05, 0) is 60.9 Å². The molecule has 5 heteroatoms. The number of benzene rings is 3. The van der Waals surface area contributed by atoms with Crippen molar-refractivity contribution in [3.63, 3.8) is 0 Å². The van der Waals surface area contributed by atoms with Gasteiger partial charge in [-0.25, -0.2) is 0 Å². The average molecular weight is 402 g/mol. The van der Waals surface area contributed by atoms with Crippen LogP contribution in [-0.4, -0.2) is 25.2 Å². The molecule has 3 aromatic rings. The van der Waals surface area contributed by atoms with Crippen LogP contribution in [0.4, 0.5) is 11.4 Å². The third-order valence-electron chi connectivity index (χ3n) is 5.04. The lowest BCUT2D eigenvalue weighted by Gasteiger charge is -2.12. The van der Waals surface area contributed by atoms with E-state index >= 15 is 0 Å². The Morgan fingerprint density at radius 3 is 2.57 bits per heavy atom. The summed E-state index contributed by atoms with van der Waals surface area (Å²) in [5, 5.41) is 6.32. The van der Waals surface area contributed by atoms with Crippen molar-refractivity contribution in [2.45, 2.75) is 25.5 Å². The molecular weight excluding hydrogens is 376 g/mol. The predicted molar refractivity (Wildman–Crippen MR) is 119 cm³/mol. The molecule has 3 aromatic carbocycles. The average Bonchev–Trinajstić information content (AvgIpc) is 3.32. The van der Waals surface area contributed by atoms with Gasteiger partial charge in [-0.15, -0.1) is 0 Å². The summed E-state index contributed by atoms with van der Waals surface area (Å²) in [6, 6.07) is 25.2. The fraction of sp³-hybridized carbons (Fsp3) is 0.240. The maximum absolute atomic E-state index is 12.6. The van der Waals surface area contributed by atoms with Gasteiger partial charge in [0.25, 0.3) is 5.91 Å². The van der Waals surface area contributed by atoms with E-state index in [0.29, 0.717) is 17.9 Å². The largest absolute Gasteiger partial charge is 0.491 e. The van der Waals surface area contributed by atoms with E-state index in [1.54, 1.807) is 12.1 Å². The van der Waals surface area contributed by atoms with Crippen LogP contribution in [0.5, 0.6) is 5.75 Å². The Bertz CT molecular complexity index is 952. The van der Waals surface area contributed by atoms with Gasteiger partial charge in [0.2, 0.25) is 0 Å². The van der Waals surface area contributed by atoms with Crippen molar-refractivity contribution >= 4 is 17.3 Å². The zero-order valence-electron chi connectivity index (χ0n) is 16.8. The molecule has 1 aliphatic heterocycles. The highest BCUT2D eigenvalue weighted by Crippen LogP contribution is 2.19. The van der Waals surface area contributed by atoms with E-state index in [2.05, 4.69) is 10.6 Å². The maximum atomic E-state index is 12.6. The number of amides is 1. The summed E-state index contributed by atoms with van der Waals surface area (Å²) in [5.74, 6) is 0.521. The van der Waals surface area contributed by atoms with Gasteiger partial charge in [0, 0.05) is 30.1 Å². The van der Waals surface area contributed by atoms with Crippen molar-refractivity contribution < 1.29 is 14.3 Å². The lowest BCUT2D eigenvalue weighted by Crippen LogP contribution is -2.17. The fourth-order valence-electron chi connectivity index (χ4n) is 3.36. The molecule has 154 valence electrons. The molecule has 30 heavy (non-hydrogen) atoms. The number of para-hydroxylation sites is 1. The van der Waals surface area contributed by atoms with Crippen molar-refractivity contribution in [1.29, 1.82) is 0 Å². The highest BCUT2D eigenvalue weighted by atomic mass is 16.5. The Balaban J connectivity index is 1.30. The first-order valence-corrected chi connectivity index (χ1v) is 10.3. The first-order chi connectivity index (χ1) is 14.8. The minimum atomic E-state index is -0.160. The number of rotatable bonds is 8. The Hall–Kier alpha value is -3.31. The molecule has 0 saturated carbocycles. The second kappa shape index (κ2) is 9.94. The summed E-state index contributed by atoms with van der Waals surface area (Å²) in [5.41, 5.74) is 3.54. The van der Waals surface area contributed by atoms with Gasteiger partial charge in [-0.2, -0.15) is 0 Å². The van der Waals surface area contributed by atoms with Gasteiger partial charge in [-0.3, -0.25) is 4.79 Å². The quantitative estimate of drug-likeness (QED) is 0.550. The van der Waals surface area contributed by atoms with Gasteiger partial charge in [0.05, 0.1) is 6.10 Å². The Morgan fingerprint density at radius 2 is 1.80 bits per heavy atom. The van der Waals surface area contributed by atoms with Gasteiger partial charge < -0.3 is 20.1 Å². The Labute approximate surface area is 177 Å². The molecule has 0 radical (unpaired) electrons. The van der Waals surface area contributed by atoms with Gasteiger partial charge in [0.15, 0.2) is 0 Å². The normalized spacial score (nSPS) is 15.5. The summed E-state index contributed by atoms with van der Waals surface area (Å²) < 4.78 is 11.4. The highest BCUT2D eigenvalue weighted by Gasteiger charge is 2.16. The first kappa shape index (κ1) is 20.0. The Kier molecular flexibility index (Phi) is 6.62. The van der Waals surface area contributed by atoms with E-state index in [1.165, 1.54) is 0 Å². The van der Waals surface area contributed by atoms with E-state index < -0.39 is 0 Å². The third kappa shape index (κ3) is 5.61. The number of ether oxygens (including phenoxy) is 2. The molecule has 1 fully saturated rings. The summed E-state index contributed by atoms with van der Waals surface area (Å²) in [6.07, 6.45) is 2.26. The molecule has 0 unspecified atom stereocenters. The van der Waals surface area contributed by atoms with Crippen LogP contribution < -0.4 is 15.4 Å². The minimum absolute atomic E-state index is 0.150. The summed E-state index contributed by atoms with van der Waals surface area (Å²) in [4.78, 5) is 12.6. The summed E-state index contributed by atoms with van der Waals surface area (Å²) in [7, 11) is 0. The zero-order valence-corrected chi connectivity index (χ0v) is 16.8. The maximum Gasteiger partial charge on any atom is 0.255 e. The topological polar surface area (TPSA) is 59.6 Å². The second-order valence-corrected chi connectivity index (χ2v) is 7.34. The van der Waals surface area contributed by atoms with Gasteiger partial charge >= 0.3 is 0 Å². The van der Waals surface area contributed by atoms with Gasteiger partial charge in [0.1, 0.15) is 12.4 Å². The van der Waals surface area contributed by atoms with E-state index in [4.69, 9.17) is 9.47 Å². The first-order valence-electron chi connectivity index (χ1n) is 10.3. The van der Waals surface area contributed by atoms with Crippen LogP contribution >= 0.6 is 0 Å². The predicted octanol–water partition coefficient (Wildman–Crippen LogP) is 5.11. The molecule has 4 rings (SSSR count). The molecule has 1 heterocycles. The molecule has 0 spiro atoms. The number of carbonyl (C=O) groups is 1. The number of carbonyl (C=O) groups excluding carboxylic acids is 1. The van der Waals surface area contributed by atoms with Crippen LogP contribution in [0.2, 0.25) is 0 Å². The van der Waals surface area contributed by atoms with Crippen LogP contribution in [-0.2, 0) is 11.3 Å². The number of anilines is 2. The summed E-state index contributed by atoms with van der Waals surface area (Å²) >= 11 is 0. The third-order valence-corrected chi connectivity index (χ3v) is 5.04. The lowest BCUT2D eigenvalue weighted by atomic mass is 10.1. The molecule has 1 amide bonds. The van der Waals surface area contributed by atoms with E-state index in [1.807, 2.05) is 66.7 Å². The molecule has 0 aliphatic carbocycles. The Morgan fingerprint density at radius 1 is 0.967 bits per heavy atom. The van der Waals surface area contributed by atoms with Crippen LogP contribution in [0, 0.1) is 0 Å². The van der Waals surface area contributed by atoms with Crippen molar-refractivity contribution in [3.05, 3.63) is 90.0 Å². The van der Waals surface area contributed by atoms with E-state index in [9.17, 15) is 4.79 Å².